The maximum absolute atomic E-state index is 13.2. The van der Waals surface area contributed by atoms with E-state index >= 15 is 0 Å². The summed E-state index contributed by atoms with van der Waals surface area (Å²) >= 11 is 0. The normalized spacial score (nSPS) is 13.5. The van der Waals surface area contributed by atoms with Crippen LogP contribution >= 0.6 is 0 Å². The molecule has 0 aliphatic heterocycles. The Morgan fingerprint density at radius 1 is 1.65 bits per heavy atom. The number of ether oxygens (including phenoxy) is 1. The first kappa shape index (κ1) is 13.0. The van der Waals surface area contributed by atoms with Gasteiger partial charge in [0.05, 0.1) is 5.56 Å². The average Bonchev–Trinajstić information content (AvgIpc) is 2.26. The maximum atomic E-state index is 13.2. The first-order valence-electron chi connectivity index (χ1n) is 4.80. The van der Waals surface area contributed by atoms with Gasteiger partial charge in [-0.05, 0) is 19.1 Å². The molecule has 4 nitrogen and oxygen atoms in total. The molecule has 0 aliphatic rings. The molecule has 90 valence electrons. The molecule has 0 fully saturated rings. The van der Waals surface area contributed by atoms with Gasteiger partial charge in [-0.1, -0.05) is 6.58 Å². The lowest BCUT2D eigenvalue weighted by Gasteiger charge is -2.21. The van der Waals surface area contributed by atoms with Gasteiger partial charge in [0, 0.05) is 6.07 Å². The zero-order valence-corrected chi connectivity index (χ0v) is 9.27. The number of aliphatic hydroxyl groups excluding tert-OH is 1. The summed E-state index contributed by atoms with van der Waals surface area (Å²) in [6, 6.07) is 5.39. The number of aliphatic hydroxyl groups is 2. The van der Waals surface area contributed by atoms with Crippen LogP contribution in [0.25, 0.3) is 0 Å². The van der Waals surface area contributed by atoms with E-state index in [-0.39, 0.29) is 17.9 Å². The molecule has 0 saturated heterocycles. The van der Waals surface area contributed by atoms with Crippen molar-refractivity contribution in [2.24, 2.45) is 0 Å². The number of nitrogens with zero attached hydrogens (tertiary/aromatic N) is 1. The van der Waals surface area contributed by atoms with E-state index in [1.54, 1.807) is 6.07 Å². The molecule has 2 N–H and O–H groups in total. The maximum Gasteiger partial charge on any atom is 0.151 e. The first-order chi connectivity index (χ1) is 7.86. The van der Waals surface area contributed by atoms with Gasteiger partial charge in [0.15, 0.2) is 5.60 Å². The van der Waals surface area contributed by atoms with Gasteiger partial charge in [-0.25, -0.2) is 4.39 Å². The van der Waals surface area contributed by atoms with E-state index in [9.17, 15) is 9.50 Å². The van der Waals surface area contributed by atoms with Crippen LogP contribution in [-0.4, -0.2) is 22.4 Å². The standard InChI is InChI=1S/C12H12FNO3/c1-8(15)12(2,16)7-17-10-4-3-9(6-14)11(13)5-10/h3-5,15-16H,1,7H2,2H3/t12-/m1/s1. The van der Waals surface area contributed by atoms with E-state index in [2.05, 4.69) is 6.58 Å². The SMILES string of the molecule is C=C(O)[C@](C)(O)COc1ccc(C#N)c(F)c1. The predicted octanol–water partition coefficient (Wildman–Crippen LogP) is 1.90. The van der Waals surface area contributed by atoms with Crippen molar-refractivity contribution in [2.45, 2.75) is 12.5 Å². The van der Waals surface area contributed by atoms with Crippen LogP contribution in [0.1, 0.15) is 12.5 Å². The van der Waals surface area contributed by atoms with Crippen LogP contribution in [0, 0.1) is 17.1 Å². The van der Waals surface area contributed by atoms with Crippen LogP contribution in [0.3, 0.4) is 0 Å². The second-order valence-corrected chi connectivity index (χ2v) is 3.76. The average molecular weight is 237 g/mol. The van der Waals surface area contributed by atoms with E-state index < -0.39 is 17.2 Å². The van der Waals surface area contributed by atoms with Crippen molar-refractivity contribution in [1.82, 2.24) is 0 Å². The highest BCUT2D eigenvalue weighted by molar-refractivity contribution is 5.36. The molecule has 0 amide bonds. The summed E-state index contributed by atoms with van der Waals surface area (Å²) < 4.78 is 18.3. The molecule has 0 radical (unpaired) electrons. The highest BCUT2D eigenvalue weighted by atomic mass is 19.1. The third-order valence-electron chi connectivity index (χ3n) is 2.20. The molecule has 0 aliphatic carbocycles. The van der Waals surface area contributed by atoms with E-state index in [4.69, 9.17) is 15.1 Å². The highest BCUT2D eigenvalue weighted by Gasteiger charge is 2.25. The van der Waals surface area contributed by atoms with Crippen molar-refractivity contribution >= 4 is 0 Å². The fourth-order valence-electron chi connectivity index (χ4n) is 0.983. The van der Waals surface area contributed by atoms with E-state index in [1.807, 2.05) is 0 Å². The fraction of sp³-hybridized carbons (Fsp3) is 0.250. The predicted molar refractivity (Wildman–Crippen MR) is 59.0 cm³/mol. The van der Waals surface area contributed by atoms with Crippen molar-refractivity contribution < 1.29 is 19.3 Å². The molecule has 5 heteroatoms. The molecule has 0 saturated carbocycles. The van der Waals surface area contributed by atoms with Gasteiger partial charge in [0.1, 0.15) is 30.0 Å². The van der Waals surface area contributed by atoms with E-state index in [1.165, 1.54) is 19.1 Å². The summed E-state index contributed by atoms with van der Waals surface area (Å²) in [6.45, 7) is 4.24. The number of hydrogen-bond acceptors (Lipinski definition) is 4. The lowest BCUT2D eigenvalue weighted by Crippen LogP contribution is -2.34. The van der Waals surface area contributed by atoms with Gasteiger partial charge in [-0.15, -0.1) is 0 Å². The van der Waals surface area contributed by atoms with Gasteiger partial charge in [0.2, 0.25) is 0 Å². The Morgan fingerprint density at radius 3 is 2.76 bits per heavy atom. The second-order valence-electron chi connectivity index (χ2n) is 3.76. The Kier molecular flexibility index (Phi) is 3.71. The Hall–Kier alpha value is -2.06. The van der Waals surface area contributed by atoms with Crippen molar-refractivity contribution in [3.8, 4) is 11.8 Å². The molecular formula is C12H12FNO3. The number of halogens is 1. The van der Waals surface area contributed by atoms with Gasteiger partial charge >= 0.3 is 0 Å². The number of nitriles is 1. The third kappa shape index (κ3) is 3.20. The smallest absolute Gasteiger partial charge is 0.151 e. The summed E-state index contributed by atoms with van der Waals surface area (Å²) in [5, 5.41) is 27.2. The number of rotatable bonds is 4. The van der Waals surface area contributed by atoms with E-state index in [0.717, 1.165) is 6.07 Å². The number of benzene rings is 1. The van der Waals surface area contributed by atoms with Crippen LogP contribution in [0.2, 0.25) is 0 Å². The molecule has 1 atom stereocenters. The topological polar surface area (TPSA) is 73.5 Å². The first-order valence-corrected chi connectivity index (χ1v) is 4.80. The van der Waals surface area contributed by atoms with Crippen molar-refractivity contribution in [1.29, 1.82) is 5.26 Å². The van der Waals surface area contributed by atoms with Gasteiger partial charge < -0.3 is 14.9 Å². The van der Waals surface area contributed by atoms with Crippen LogP contribution < -0.4 is 4.74 Å². The minimum Gasteiger partial charge on any atom is -0.510 e. The molecule has 0 aromatic heterocycles. The summed E-state index contributed by atoms with van der Waals surface area (Å²) in [7, 11) is 0. The van der Waals surface area contributed by atoms with Crippen LogP contribution in [0.15, 0.2) is 30.5 Å². The number of hydrogen-bond donors (Lipinski definition) is 2. The van der Waals surface area contributed by atoms with Crippen LogP contribution in [0.5, 0.6) is 5.75 Å². The summed E-state index contributed by atoms with van der Waals surface area (Å²) in [5.41, 5.74) is -1.69. The van der Waals surface area contributed by atoms with E-state index in [0.29, 0.717) is 0 Å². The minimum atomic E-state index is -1.61. The fourth-order valence-corrected chi connectivity index (χ4v) is 0.983. The van der Waals surface area contributed by atoms with Gasteiger partial charge in [0.25, 0.3) is 0 Å². The molecule has 0 unspecified atom stereocenters. The second kappa shape index (κ2) is 4.85. The Bertz CT molecular complexity index is 477. The molecule has 1 aromatic carbocycles. The Morgan fingerprint density at radius 2 is 2.29 bits per heavy atom. The summed E-state index contributed by atoms with van der Waals surface area (Å²) in [4.78, 5) is 0. The minimum absolute atomic E-state index is 0.0873. The molecule has 17 heavy (non-hydrogen) atoms. The Balaban J connectivity index is 2.75. The van der Waals surface area contributed by atoms with Gasteiger partial charge in [-0.2, -0.15) is 5.26 Å². The van der Waals surface area contributed by atoms with Crippen LogP contribution in [0.4, 0.5) is 4.39 Å². The molecule has 0 spiro atoms. The molecule has 1 aromatic rings. The summed E-state index contributed by atoms with van der Waals surface area (Å²) in [6.07, 6.45) is 0. The molecule has 1 rings (SSSR count). The third-order valence-corrected chi connectivity index (χ3v) is 2.20. The zero-order chi connectivity index (χ0) is 13.1. The summed E-state index contributed by atoms with van der Waals surface area (Å²) in [5.74, 6) is -0.984. The molecular weight excluding hydrogens is 225 g/mol. The largest absolute Gasteiger partial charge is 0.510 e. The monoisotopic (exact) mass is 237 g/mol. The zero-order valence-electron chi connectivity index (χ0n) is 9.27. The van der Waals surface area contributed by atoms with Crippen molar-refractivity contribution in [3.05, 3.63) is 41.9 Å². The van der Waals surface area contributed by atoms with Crippen molar-refractivity contribution in [2.75, 3.05) is 6.61 Å². The lowest BCUT2D eigenvalue weighted by atomic mass is 10.1. The molecule has 0 bridgehead atoms. The quantitative estimate of drug-likeness (QED) is 0.784. The molecule has 0 heterocycles. The van der Waals surface area contributed by atoms with Gasteiger partial charge in [-0.3, -0.25) is 0 Å². The van der Waals surface area contributed by atoms with Crippen LogP contribution in [-0.2, 0) is 0 Å². The van der Waals surface area contributed by atoms with Crippen molar-refractivity contribution in [3.63, 3.8) is 0 Å². The lowest BCUT2D eigenvalue weighted by molar-refractivity contribution is 0.0105. The highest BCUT2D eigenvalue weighted by Crippen LogP contribution is 2.19. The Labute approximate surface area is 98.2 Å².